The number of pyridine rings is 1. The van der Waals surface area contributed by atoms with Crippen molar-refractivity contribution in [2.45, 2.75) is 13.5 Å². The molecule has 0 amide bonds. The van der Waals surface area contributed by atoms with E-state index in [4.69, 9.17) is 16.7 Å². The number of benzene rings is 1. The van der Waals surface area contributed by atoms with E-state index in [2.05, 4.69) is 41.1 Å². The first-order chi connectivity index (χ1) is 9.15. The number of rotatable bonds is 3. The fraction of sp³-hybridized carbons (Fsp3) is 0.400. The summed E-state index contributed by atoms with van der Waals surface area (Å²) in [6.07, 6.45) is 0. The van der Waals surface area contributed by atoms with Gasteiger partial charge in [-0.25, -0.2) is 4.98 Å². The van der Waals surface area contributed by atoms with E-state index in [1.807, 2.05) is 0 Å². The van der Waals surface area contributed by atoms with Gasteiger partial charge in [0.05, 0.1) is 5.52 Å². The fourth-order valence-electron chi connectivity index (χ4n) is 2.57. The zero-order valence-electron chi connectivity index (χ0n) is 10.9. The second kappa shape index (κ2) is 5.08. The van der Waals surface area contributed by atoms with E-state index in [9.17, 15) is 0 Å². The Labute approximate surface area is 117 Å². The minimum atomic E-state index is 0.277. The van der Waals surface area contributed by atoms with Crippen LogP contribution in [0, 0.1) is 12.8 Å². The molecule has 0 spiro atoms. The number of fused-ring (bicyclic) bond motifs is 1. The molecule has 0 saturated carbocycles. The van der Waals surface area contributed by atoms with E-state index >= 15 is 0 Å². The molecule has 1 aliphatic heterocycles. The number of halogens is 1. The maximum absolute atomic E-state index is 9.03. The number of nitrogens with zero attached hydrogens (tertiary/aromatic N) is 2. The molecule has 1 aromatic heterocycles. The van der Waals surface area contributed by atoms with Crippen molar-refractivity contribution in [3.8, 4) is 0 Å². The van der Waals surface area contributed by atoms with Gasteiger partial charge in [0.1, 0.15) is 5.15 Å². The smallest absolute Gasteiger partial charge is 0.134 e. The number of aliphatic hydroxyl groups is 1. The van der Waals surface area contributed by atoms with Crippen molar-refractivity contribution < 1.29 is 5.11 Å². The van der Waals surface area contributed by atoms with Crippen LogP contribution in [0.4, 0.5) is 0 Å². The number of aromatic nitrogens is 1. The van der Waals surface area contributed by atoms with Gasteiger partial charge in [0.15, 0.2) is 0 Å². The van der Waals surface area contributed by atoms with Crippen LogP contribution in [0.25, 0.3) is 10.9 Å². The summed E-state index contributed by atoms with van der Waals surface area (Å²) in [4.78, 5) is 6.76. The standard InChI is InChI=1S/C15H17ClN2O/c1-10-2-3-12-5-13(15(16)17-14(12)4-10)8-18-6-11(7-18)9-19/h2-5,11,19H,6-9H2,1H3. The summed E-state index contributed by atoms with van der Waals surface area (Å²) in [6.45, 7) is 5.03. The summed E-state index contributed by atoms with van der Waals surface area (Å²) in [7, 11) is 0. The van der Waals surface area contributed by atoms with Crippen LogP contribution in [0.5, 0.6) is 0 Å². The largest absolute Gasteiger partial charge is 0.396 e. The van der Waals surface area contributed by atoms with Gasteiger partial charge >= 0.3 is 0 Å². The SMILES string of the molecule is Cc1ccc2cc(CN3CC(CO)C3)c(Cl)nc2c1. The average molecular weight is 277 g/mol. The van der Waals surface area contributed by atoms with Crippen molar-refractivity contribution in [3.05, 3.63) is 40.5 Å². The Kier molecular flexibility index (Phi) is 3.44. The van der Waals surface area contributed by atoms with E-state index in [-0.39, 0.29) is 6.61 Å². The lowest BCUT2D eigenvalue weighted by molar-refractivity contribution is 0.0479. The van der Waals surface area contributed by atoms with Crippen LogP contribution >= 0.6 is 11.6 Å². The topological polar surface area (TPSA) is 36.4 Å². The molecule has 0 unspecified atom stereocenters. The quantitative estimate of drug-likeness (QED) is 0.876. The summed E-state index contributed by atoms with van der Waals surface area (Å²) in [5, 5.41) is 10.7. The molecule has 1 aliphatic rings. The zero-order chi connectivity index (χ0) is 13.4. The molecule has 2 heterocycles. The van der Waals surface area contributed by atoms with Crippen LogP contribution in [0.1, 0.15) is 11.1 Å². The number of aryl methyl sites for hydroxylation is 1. The molecular weight excluding hydrogens is 260 g/mol. The van der Waals surface area contributed by atoms with Crippen LogP contribution < -0.4 is 0 Å². The van der Waals surface area contributed by atoms with Crippen LogP contribution in [0.3, 0.4) is 0 Å². The molecule has 1 aromatic carbocycles. The van der Waals surface area contributed by atoms with Crippen molar-refractivity contribution in [1.82, 2.24) is 9.88 Å². The third-order valence-corrected chi connectivity index (χ3v) is 4.01. The number of hydrogen-bond donors (Lipinski definition) is 1. The van der Waals surface area contributed by atoms with Crippen molar-refractivity contribution in [2.75, 3.05) is 19.7 Å². The molecule has 0 radical (unpaired) electrons. The second-order valence-electron chi connectivity index (χ2n) is 5.38. The highest BCUT2D eigenvalue weighted by Crippen LogP contribution is 2.25. The molecule has 100 valence electrons. The van der Waals surface area contributed by atoms with Gasteiger partial charge < -0.3 is 5.11 Å². The third-order valence-electron chi connectivity index (χ3n) is 3.68. The van der Waals surface area contributed by atoms with Crippen molar-refractivity contribution >= 4 is 22.5 Å². The van der Waals surface area contributed by atoms with Gasteiger partial charge in [-0.05, 0) is 24.6 Å². The minimum absolute atomic E-state index is 0.277. The number of hydrogen-bond acceptors (Lipinski definition) is 3. The number of aliphatic hydroxyl groups excluding tert-OH is 1. The zero-order valence-corrected chi connectivity index (χ0v) is 11.7. The summed E-state index contributed by atoms with van der Waals surface area (Å²) in [5.41, 5.74) is 3.21. The highest BCUT2D eigenvalue weighted by atomic mass is 35.5. The second-order valence-corrected chi connectivity index (χ2v) is 5.74. The molecule has 3 rings (SSSR count). The summed E-state index contributed by atoms with van der Waals surface area (Å²) in [5.74, 6) is 0.426. The van der Waals surface area contributed by atoms with Crippen LogP contribution in [0.2, 0.25) is 5.15 Å². The Morgan fingerprint density at radius 1 is 1.37 bits per heavy atom. The summed E-state index contributed by atoms with van der Waals surface area (Å²) in [6, 6.07) is 8.35. The molecule has 0 atom stereocenters. The molecule has 0 aliphatic carbocycles. The molecule has 1 N–H and O–H groups in total. The Balaban J connectivity index is 1.84. The monoisotopic (exact) mass is 276 g/mol. The lowest BCUT2D eigenvalue weighted by atomic mass is 10.0. The Hall–Kier alpha value is -1.16. The van der Waals surface area contributed by atoms with Gasteiger partial charge in [0, 0.05) is 43.1 Å². The van der Waals surface area contributed by atoms with E-state index in [0.717, 1.165) is 36.1 Å². The minimum Gasteiger partial charge on any atom is -0.396 e. The van der Waals surface area contributed by atoms with Gasteiger partial charge in [-0.2, -0.15) is 0 Å². The first-order valence-corrected chi connectivity index (χ1v) is 6.92. The first-order valence-electron chi connectivity index (χ1n) is 6.54. The fourth-order valence-corrected chi connectivity index (χ4v) is 2.78. The summed E-state index contributed by atoms with van der Waals surface area (Å²) >= 11 is 6.26. The van der Waals surface area contributed by atoms with E-state index in [1.165, 1.54) is 5.56 Å². The molecule has 4 heteroatoms. The van der Waals surface area contributed by atoms with Crippen LogP contribution in [-0.2, 0) is 6.54 Å². The molecule has 19 heavy (non-hydrogen) atoms. The maximum Gasteiger partial charge on any atom is 0.134 e. The molecular formula is C15H17ClN2O. The van der Waals surface area contributed by atoms with Crippen molar-refractivity contribution in [2.24, 2.45) is 5.92 Å². The van der Waals surface area contributed by atoms with Crippen LogP contribution in [0.15, 0.2) is 24.3 Å². The molecule has 0 bridgehead atoms. The highest BCUT2D eigenvalue weighted by Gasteiger charge is 2.26. The maximum atomic E-state index is 9.03. The van der Waals surface area contributed by atoms with Gasteiger partial charge in [-0.15, -0.1) is 0 Å². The van der Waals surface area contributed by atoms with Crippen molar-refractivity contribution in [3.63, 3.8) is 0 Å². The average Bonchev–Trinajstić information content (AvgIpc) is 2.33. The number of likely N-dealkylation sites (tertiary alicyclic amines) is 1. The van der Waals surface area contributed by atoms with E-state index < -0.39 is 0 Å². The Morgan fingerprint density at radius 2 is 2.16 bits per heavy atom. The van der Waals surface area contributed by atoms with E-state index in [0.29, 0.717) is 11.1 Å². The van der Waals surface area contributed by atoms with Crippen molar-refractivity contribution in [1.29, 1.82) is 0 Å². The molecule has 1 fully saturated rings. The normalized spacial score (nSPS) is 16.8. The van der Waals surface area contributed by atoms with Gasteiger partial charge in [-0.3, -0.25) is 4.90 Å². The van der Waals surface area contributed by atoms with Gasteiger partial charge in [0.2, 0.25) is 0 Å². The van der Waals surface area contributed by atoms with E-state index in [1.54, 1.807) is 0 Å². The molecule has 3 nitrogen and oxygen atoms in total. The van der Waals surface area contributed by atoms with Gasteiger partial charge in [-0.1, -0.05) is 23.7 Å². The third kappa shape index (κ3) is 2.59. The molecule has 1 saturated heterocycles. The van der Waals surface area contributed by atoms with Crippen LogP contribution in [-0.4, -0.2) is 34.7 Å². The Bertz CT molecular complexity index is 608. The lowest BCUT2D eigenvalue weighted by Gasteiger charge is -2.38. The van der Waals surface area contributed by atoms with Gasteiger partial charge in [0.25, 0.3) is 0 Å². The first kappa shape index (κ1) is 12.9. The highest BCUT2D eigenvalue weighted by molar-refractivity contribution is 6.30. The summed E-state index contributed by atoms with van der Waals surface area (Å²) < 4.78 is 0. The predicted octanol–water partition coefficient (Wildman–Crippen LogP) is 2.62. The predicted molar refractivity (Wildman–Crippen MR) is 77.3 cm³/mol. The molecule has 2 aromatic rings. The Morgan fingerprint density at radius 3 is 2.89 bits per heavy atom. The lowest BCUT2D eigenvalue weighted by Crippen LogP contribution is -2.47.